The molecule has 0 unspecified atom stereocenters. The number of aromatic amines is 1. The number of fused-ring (bicyclic) bond motifs is 1. The van der Waals surface area contributed by atoms with Gasteiger partial charge in [0.2, 0.25) is 0 Å². The van der Waals surface area contributed by atoms with E-state index in [1.807, 2.05) is 24.5 Å². The Morgan fingerprint density at radius 3 is 2.86 bits per heavy atom. The van der Waals surface area contributed by atoms with Crippen LogP contribution in [0.2, 0.25) is 0 Å². The van der Waals surface area contributed by atoms with Crippen molar-refractivity contribution < 1.29 is 5.11 Å². The lowest BCUT2D eigenvalue weighted by Gasteiger charge is -2.30. The van der Waals surface area contributed by atoms with Crippen LogP contribution < -0.4 is 4.90 Å². The van der Waals surface area contributed by atoms with Crippen molar-refractivity contribution in [2.24, 2.45) is 0 Å². The Morgan fingerprint density at radius 1 is 1.14 bits per heavy atom. The smallest absolute Gasteiger partial charge is 0.161 e. The second-order valence-corrected chi connectivity index (χ2v) is 5.74. The minimum absolute atomic E-state index is 0.173. The summed E-state index contributed by atoms with van der Waals surface area (Å²) in [5, 5.41) is 10.8. The molecule has 0 bridgehead atoms. The van der Waals surface area contributed by atoms with Gasteiger partial charge in [-0.15, -0.1) is 0 Å². The SMILES string of the molecule is OC1CCN(c2ccnc(-c3ccc4[nH]ccc4c3)n2)CC1. The van der Waals surface area contributed by atoms with Gasteiger partial charge in [-0.3, -0.25) is 0 Å². The van der Waals surface area contributed by atoms with E-state index in [9.17, 15) is 5.11 Å². The molecule has 0 amide bonds. The van der Waals surface area contributed by atoms with Crippen molar-refractivity contribution in [2.45, 2.75) is 18.9 Å². The quantitative estimate of drug-likeness (QED) is 0.762. The average Bonchev–Trinajstić information content (AvgIpc) is 3.03. The number of anilines is 1. The van der Waals surface area contributed by atoms with Gasteiger partial charge in [0.05, 0.1) is 6.10 Å². The van der Waals surface area contributed by atoms with Crippen LogP contribution in [-0.4, -0.2) is 39.3 Å². The summed E-state index contributed by atoms with van der Waals surface area (Å²) < 4.78 is 0. The molecular formula is C17H18N4O. The fourth-order valence-electron chi connectivity index (χ4n) is 2.95. The van der Waals surface area contributed by atoms with E-state index in [1.54, 1.807) is 0 Å². The van der Waals surface area contributed by atoms with Crippen LogP contribution in [0.25, 0.3) is 22.3 Å². The molecule has 1 aromatic carbocycles. The van der Waals surface area contributed by atoms with Crippen molar-refractivity contribution in [3.8, 4) is 11.4 Å². The Bertz CT molecular complexity index is 790. The second-order valence-electron chi connectivity index (χ2n) is 5.74. The number of hydrogen-bond donors (Lipinski definition) is 2. The first-order valence-electron chi connectivity index (χ1n) is 7.63. The Balaban J connectivity index is 1.66. The molecule has 1 aliphatic heterocycles. The number of piperidine rings is 1. The number of aliphatic hydroxyl groups is 1. The maximum absolute atomic E-state index is 9.62. The van der Waals surface area contributed by atoms with Crippen LogP contribution in [-0.2, 0) is 0 Å². The monoisotopic (exact) mass is 294 g/mol. The fraction of sp³-hybridized carbons (Fsp3) is 0.294. The molecule has 1 saturated heterocycles. The van der Waals surface area contributed by atoms with E-state index < -0.39 is 0 Å². The summed E-state index contributed by atoms with van der Waals surface area (Å²) in [6.45, 7) is 1.68. The number of benzene rings is 1. The highest BCUT2D eigenvalue weighted by atomic mass is 16.3. The summed E-state index contributed by atoms with van der Waals surface area (Å²) in [6.07, 6.45) is 5.17. The lowest BCUT2D eigenvalue weighted by molar-refractivity contribution is 0.145. The molecule has 2 aromatic heterocycles. The first-order chi connectivity index (χ1) is 10.8. The molecule has 22 heavy (non-hydrogen) atoms. The predicted molar refractivity (Wildman–Crippen MR) is 86.8 cm³/mol. The van der Waals surface area contributed by atoms with E-state index in [2.05, 4.69) is 33.1 Å². The van der Waals surface area contributed by atoms with E-state index in [1.165, 1.54) is 0 Å². The van der Waals surface area contributed by atoms with Crippen LogP contribution in [0.4, 0.5) is 5.82 Å². The third kappa shape index (κ3) is 2.44. The van der Waals surface area contributed by atoms with Crippen molar-refractivity contribution >= 4 is 16.7 Å². The molecule has 112 valence electrons. The Labute approximate surface area is 128 Å². The van der Waals surface area contributed by atoms with Crippen LogP contribution in [0.15, 0.2) is 42.7 Å². The Hall–Kier alpha value is -2.40. The lowest BCUT2D eigenvalue weighted by atomic mass is 10.1. The van der Waals surface area contributed by atoms with E-state index in [-0.39, 0.29) is 6.10 Å². The first kappa shape index (κ1) is 13.3. The van der Waals surface area contributed by atoms with Gasteiger partial charge in [-0.05, 0) is 43.2 Å². The molecule has 0 aliphatic carbocycles. The second kappa shape index (κ2) is 5.42. The number of H-pyrrole nitrogens is 1. The molecule has 1 fully saturated rings. The van der Waals surface area contributed by atoms with Gasteiger partial charge in [-0.1, -0.05) is 0 Å². The Morgan fingerprint density at radius 2 is 2.00 bits per heavy atom. The maximum Gasteiger partial charge on any atom is 0.161 e. The topological polar surface area (TPSA) is 65.0 Å². The van der Waals surface area contributed by atoms with Gasteiger partial charge in [-0.2, -0.15) is 0 Å². The summed E-state index contributed by atoms with van der Waals surface area (Å²) in [4.78, 5) is 14.5. The summed E-state index contributed by atoms with van der Waals surface area (Å²) in [7, 11) is 0. The van der Waals surface area contributed by atoms with E-state index in [0.717, 1.165) is 54.0 Å². The van der Waals surface area contributed by atoms with Crippen LogP contribution >= 0.6 is 0 Å². The highest BCUT2D eigenvalue weighted by Gasteiger charge is 2.18. The Kier molecular flexibility index (Phi) is 3.27. The molecule has 3 aromatic rings. The van der Waals surface area contributed by atoms with E-state index in [0.29, 0.717) is 0 Å². The number of hydrogen-bond acceptors (Lipinski definition) is 4. The lowest BCUT2D eigenvalue weighted by Crippen LogP contribution is -2.36. The summed E-state index contributed by atoms with van der Waals surface area (Å²) in [5.41, 5.74) is 2.14. The normalized spacial score (nSPS) is 16.3. The molecule has 4 rings (SSSR count). The molecule has 0 atom stereocenters. The van der Waals surface area contributed by atoms with Crippen molar-refractivity contribution in [2.75, 3.05) is 18.0 Å². The van der Waals surface area contributed by atoms with Gasteiger partial charge in [-0.25, -0.2) is 9.97 Å². The van der Waals surface area contributed by atoms with Crippen molar-refractivity contribution in [3.05, 3.63) is 42.7 Å². The van der Waals surface area contributed by atoms with Crippen LogP contribution in [0.3, 0.4) is 0 Å². The third-order valence-electron chi connectivity index (χ3n) is 4.24. The molecule has 3 heterocycles. The molecule has 1 aliphatic rings. The molecule has 5 heteroatoms. The molecular weight excluding hydrogens is 276 g/mol. The number of rotatable bonds is 2. The molecule has 2 N–H and O–H groups in total. The maximum atomic E-state index is 9.62. The number of nitrogens with zero attached hydrogens (tertiary/aromatic N) is 3. The standard InChI is InChI=1S/C17H18N4O/c22-14-5-9-21(10-6-14)16-4-8-19-17(20-16)13-1-2-15-12(11-13)3-7-18-15/h1-4,7-8,11,14,18,22H,5-6,9-10H2. The molecule has 0 radical (unpaired) electrons. The van der Waals surface area contributed by atoms with Crippen LogP contribution in [0.1, 0.15) is 12.8 Å². The summed E-state index contributed by atoms with van der Waals surface area (Å²) in [6, 6.07) is 10.2. The van der Waals surface area contributed by atoms with Gasteiger partial charge in [0.1, 0.15) is 5.82 Å². The first-order valence-corrected chi connectivity index (χ1v) is 7.63. The number of nitrogens with one attached hydrogen (secondary N) is 1. The minimum Gasteiger partial charge on any atom is -0.393 e. The van der Waals surface area contributed by atoms with E-state index >= 15 is 0 Å². The fourth-order valence-corrected chi connectivity index (χ4v) is 2.95. The average molecular weight is 294 g/mol. The van der Waals surface area contributed by atoms with Crippen molar-refractivity contribution in [1.29, 1.82) is 0 Å². The zero-order valence-corrected chi connectivity index (χ0v) is 12.2. The van der Waals surface area contributed by atoms with Gasteiger partial charge >= 0.3 is 0 Å². The van der Waals surface area contributed by atoms with Crippen LogP contribution in [0.5, 0.6) is 0 Å². The number of aromatic nitrogens is 3. The highest BCUT2D eigenvalue weighted by molar-refractivity contribution is 5.83. The zero-order chi connectivity index (χ0) is 14.9. The van der Waals surface area contributed by atoms with E-state index in [4.69, 9.17) is 4.98 Å². The molecule has 0 saturated carbocycles. The van der Waals surface area contributed by atoms with Gasteiger partial charge < -0.3 is 15.0 Å². The molecule has 0 spiro atoms. The predicted octanol–water partition coefficient (Wildman–Crippen LogP) is 2.59. The minimum atomic E-state index is -0.173. The summed E-state index contributed by atoms with van der Waals surface area (Å²) >= 11 is 0. The highest BCUT2D eigenvalue weighted by Crippen LogP contribution is 2.24. The largest absolute Gasteiger partial charge is 0.393 e. The zero-order valence-electron chi connectivity index (χ0n) is 12.2. The van der Waals surface area contributed by atoms with Crippen molar-refractivity contribution in [3.63, 3.8) is 0 Å². The number of aliphatic hydroxyl groups excluding tert-OH is 1. The van der Waals surface area contributed by atoms with Gasteiger partial charge in [0, 0.05) is 41.9 Å². The molecule has 5 nitrogen and oxygen atoms in total. The summed E-state index contributed by atoms with van der Waals surface area (Å²) in [5.74, 6) is 1.68. The van der Waals surface area contributed by atoms with Gasteiger partial charge in [0.15, 0.2) is 5.82 Å². The third-order valence-corrected chi connectivity index (χ3v) is 4.24. The van der Waals surface area contributed by atoms with Gasteiger partial charge in [0.25, 0.3) is 0 Å². The van der Waals surface area contributed by atoms with Crippen LogP contribution in [0, 0.1) is 0 Å². The van der Waals surface area contributed by atoms with Crippen molar-refractivity contribution in [1.82, 2.24) is 15.0 Å².